The van der Waals surface area contributed by atoms with Gasteiger partial charge in [-0.2, -0.15) is 0 Å². The normalized spacial score (nSPS) is 14.1. The van der Waals surface area contributed by atoms with Crippen molar-refractivity contribution in [3.05, 3.63) is 94.0 Å². The fourth-order valence-electron chi connectivity index (χ4n) is 3.89. The number of carbonyl (C=O) groups excluding carboxylic acids is 1. The third kappa shape index (κ3) is 5.25. The molecule has 4 rings (SSSR count). The van der Waals surface area contributed by atoms with Gasteiger partial charge in [0.15, 0.2) is 0 Å². The Morgan fingerprint density at radius 3 is 2.48 bits per heavy atom. The number of nitrogens with zero attached hydrogens (tertiary/aromatic N) is 1. The van der Waals surface area contributed by atoms with Crippen LogP contribution in [0.5, 0.6) is 0 Å². The number of anilines is 2. The number of nitrogens with one attached hydrogen (secondary N) is 2. The number of carbonyl (C=O) groups is 2. The van der Waals surface area contributed by atoms with Crippen LogP contribution in [0.3, 0.4) is 0 Å². The van der Waals surface area contributed by atoms with E-state index in [1.165, 1.54) is 5.56 Å². The Labute approximate surface area is 197 Å². The summed E-state index contributed by atoms with van der Waals surface area (Å²) in [6.45, 7) is 0.821. The van der Waals surface area contributed by atoms with Crippen LogP contribution in [0.4, 0.5) is 11.4 Å². The van der Waals surface area contributed by atoms with E-state index in [4.69, 9.17) is 11.6 Å². The Balaban J connectivity index is 1.81. The number of benzene rings is 3. The Hall–Kier alpha value is -3.61. The molecule has 1 heterocycles. The molecule has 1 aliphatic heterocycles. The molecule has 0 fully saturated rings. The van der Waals surface area contributed by atoms with E-state index in [1.807, 2.05) is 50.5 Å². The fourth-order valence-corrected chi connectivity index (χ4v) is 4.06. The van der Waals surface area contributed by atoms with Crippen LogP contribution >= 0.6 is 11.6 Å². The van der Waals surface area contributed by atoms with Crippen molar-refractivity contribution in [1.82, 2.24) is 4.90 Å². The van der Waals surface area contributed by atoms with Crippen LogP contribution in [0.15, 0.2) is 66.7 Å². The average molecular weight is 462 g/mol. The number of carboxylic acids is 1. The van der Waals surface area contributed by atoms with Crippen LogP contribution in [0.2, 0.25) is 5.02 Å². The molecule has 0 spiro atoms. The first-order valence-corrected chi connectivity index (χ1v) is 10.9. The summed E-state index contributed by atoms with van der Waals surface area (Å²) in [6.07, 6.45) is -0.103. The van der Waals surface area contributed by atoms with Crippen LogP contribution < -0.4 is 10.6 Å². The molecule has 0 atom stereocenters. The zero-order valence-electron chi connectivity index (χ0n) is 18.4. The van der Waals surface area contributed by atoms with Gasteiger partial charge < -0.3 is 20.6 Å². The molecule has 0 saturated heterocycles. The van der Waals surface area contributed by atoms with Gasteiger partial charge in [0.25, 0.3) is 5.91 Å². The fraction of sp³-hybridized carbons (Fsp3) is 0.154. The SMILES string of the molecule is CN(C)Cc1ccc(N/C(=C2\C(=O)Nc3cc(Cl)ccc32)c2cccc(CC(=O)O)c2)cc1. The second-order valence-electron chi connectivity index (χ2n) is 8.22. The van der Waals surface area contributed by atoms with Gasteiger partial charge in [0, 0.05) is 22.8 Å². The maximum atomic E-state index is 13.0. The Bertz CT molecular complexity index is 1250. The number of hydrogen-bond donors (Lipinski definition) is 3. The molecule has 6 nitrogen and oxygen atoms in total. The molecule has 168 valence electrons. The molecule has 3 aromatic rings. The lowest BCUT2D eigenvalue weighted by atomic mass is 9.98. The van der Waals surface area contributed by atoms with E-state index >= 15 is 0 Å². The Morgan fingerprint density at radius 2 is 1.79 bits per heavy atom. The first-order chi connectivity index (χ1) is 15.8. The van der Waals surface area contributed by atoms with E-state index < -0.39 is 5.97 Å². The number of hydrogen-bond acceptors (Lipinski definition) is 4. The molecule has 0 bridgehead atoms. The Kier molecular flexibility index (Phi) is 6.49. The van der Waals surface area contributed by atoms with Crippen molar-refractivity contribution in [1.29, 1.82) is 0 Å². The molecular formula is C26H24ClN3O3. The largest absolute Gasteiger partial charge is 0.481 e. The minimum Gasteiger partial charge on any atom is -0.481 e. The zero-order chi connectivity index (χ0) is 23.5. The van der Waals surface area contributed by atoms with Crippen LogP contribution in [0.1, 0.15) is 22.3 Å². The number of rotatable bonds is 7. The monoisotopic (exact) mass is 461 g/mol. The lowest BCUT2D eigenvalue weighted by molar-refractivity contribution is -0.136. The van der Waals surface area contributed by atoms with E-state index in [-0.39, 0.29) is 12.3 Å². The molecule has 0 aliphatic carbocycles. The number of carboxylic acid groups (broad SMARTS) is 1. The quantitative estimate of drug-likeness (QED) is 0.433. The van der Waals surface area contributed by atoms with Crippen molar-refractivity contribution in [2.24, 2.45) is 0 Å². The minimum atomic E-state index is -0.913. The first-order valence-electron chi connectivity index (χ1n) is 10.5. The number of aliphatic carboxylic acids is 1. The third-order valence-electron chi connectivity index (χ3n) is 5.27. The highest BCUT2D eigenvalue weighted by Crippen LogP contribution is 2.39. The van der Waals surface area contributed by atoms with Crippen LogP contribution in [-0.4, -0.2) is 36.0 Å². The van der Waals surface area contributed by atoms with Crippen molar-refractivity contribution in [2.45, 2.75) is 13.0 Å². The van der Waals surface area contributed by atoms with Gasteiger partial charge in [-0.05, 0) is 61.1 Å². The maximum absolute atomic E-state index is 13.0. The van der Waals surface area contributed by atoms with Crippen molar-refractivity contribution in [2.75, 3.05) is 24.7 Å². The summed E-state index contributed by atoms with van der Waals surface area (Å²) < 4.78 is 0. The van der Waals surface area contributed by atoms with E-state index in [1.54, 1.807) is 30.3 Å². The predicted octanol–water partition coefficient (Wildman–Crippen LogP) is 4.96. The van der Waals surface area contributed by atoms with E-state index in [0.717, 1.165) is 23.4 Å². The van der Waals surface area contributed by atoms with E-state index in [9.17, 15) is 14.7 Å². The Morgan fingerprint density at radius 1 is 1.03 bits per heavy atom. The summed E-state index contributed by atoms with van der Waals surface area (Å²) in [5.74, 6) is -1.16. The number of amides is 1. The van der Waals surface area contributed by atoms with Crippen molar-refractivity contribution >= 4 is 46.1 Å². The highest BCUT2D eigenvalue weighted by Gasteiger charge is 2.28. The molecule has 0 saturated carbocycles. The lowest BCUT2D eigenvalue weighted by Crippen LogP contribution is -2.11. The second-order valence-corrected chi connectivity index (χ2v) is 8.66. The molecule has 3 N–H and O–H groups in total. The maximum Gasteiger partial charge on any atom is 0.307 e. The second kappa shape index (κ2) is 9.48. The topological polar surface area (TPSA) is 81.7 Å². The highest BCUT2D eigenvalue weighted by molar-refractivity contribution is 6.38. The molecule has 0 radical (unpaired) electrons. The van der Waals surface area contributed by atoms with Gasteiger partial charge >= 0.3 is 5.97 Å². The van der Waals surface area contributed by atoms with Gasteiger partial charge in [0.05, 0.1) is 23.4 Å². The molecular weight excluding hydrogens is 438 g/mol. The smallest absolute Gasteiger partial charge is 0.307 e. The van der Waals surface area contributed by atoms with Gasteiger partial charge in [-0.1, -0.05) is 48.0 Å². The predicted molar refractivity (Wildman–Crippen MR) is 132 cm³/mol. The number of halogens is 1. The van der Waals surface area contributed by atoms with Gasteiger partial charge in [-0.15, -0.1) is 0 Å². The average Bonchev–Trinajstić information content (AvgIpc) is 3.07. The molecule has 7 heteroatoms. The van der Waals surface area contributed by atoms with Crippen molar-refractivity contribution in [3.63, 3.8) is 0 Å². The first kappa shape index (κ1) is 22.6. The summed E-state index contributed by atoms with van der Waals surface area (Å²) in [6, 6.07) is 20.5. The van der Waals surface area contributed by atoms with Gasteiger partial charge in [0.2, 0.25) is 0 Å². The standard InChI is InChI=1S/C26H24ClN3O3/c1-30(2)15-16-6-9-20(10-7-16)28-25(18-5-3-4-17(12-18)13-23(31)32)24-21-11-8-19(27)14-22(21)29-26(24)33/h3-12,14,28H,13,15H2,1-2H3,(H,29,33)(H,31,32)/b25-24-. The minimum absolute atomic E-state index is 0.103. The summed E-state index contributed by atoms with van der Waals surface area (Å²) >= 11 is 6.12. The number of fused-ring (bicyclic) bond motifs is 1. The summed E-state index contributed by atoms with van der Waals surface area (Å²) in [7, 11) is 4.03. The summed E-state index contributed by atoms with van der Waals surface area (Å²) in [4.78, 5) is 26.4. The molecule has 1 aliphatic rings. The molecule has 33 heavy (non-hydrogen) atoms. The molecule has 0 aromatic heterocycles. The van der Waals surface area contributed by atoms with Crippen molar-refractivity contribution in [3.8, 4) is 0 Å². The summed E-state index contributed by atoms with van der Waals surface area (Å²) in [5.41, 5.74) is 5.81. The van der Waals surface area contributed by atoms with Crippen LogP contribution in [0, 0.1) is 0 Å². The molecule has 1 amide bonds. The van der Waals surface area contributed by atoms with Gasteiger partial charge in [-0.25, -0.2) is 0 Å². The van der Waals surface area contributed by atoms with Gasteiger partial charge in [0.1, 0.15) is 0 Å². The third-order valence-corrected chi connectivity index (χ3v) is 5.50. The lowest BCUT2D eigenvalue weighted by Gasteiger charge is -2.16. The van der Waals surface area contributed by atoms with E-state index in [0.29, 0.717) is 27.5 Å². The summed E-state index contributed by atoms with van der Waals surface area (Å²) in [5, 5.41) is 16.0. The van der Waals surface area contributed by atoms with Gasteiger partial charge in [-0.3, -0.25) is 9.59 Å². The molecule has 3 aromatic carbocycles. The molecule has 0 unspecified atom stereocenters. The van der Waals surface area contributed by atoms with E-state index in [2.05, 4.69) is 15.5 Å². The van der Waals surface area contributed by atoms with Crippen LogP contribution in [-0.2, 0) is 22.6 Å². The highest BCUT2D eigenvalue weighted by atomic mass is 35.5. The zero-order valence-corrected chi connectivity index (χ0v) is 19.1. The van der Waals surface area contributed by atoms with Crippen LogP contribution in [0.25, 0.3) is 11.3 Å². The van der Waals surface area contributed by atoms with Crippen molar-refractivity contribution < 1.29 is 14.7 Å².